The summed E-state index contributed by atoms with van der Waals surface area (Å²) >= 11 is 0. The number of methoxy groups -OCH3 is 1. The summed E-state index contributed by atoms with van der Waals surface area (Å²) in [6, 6.07) is 5.25. The van der Waals surface area contributed by atoms with Crippen LogP contribution in [0.15, 0.2) is 24.3 Å². The highest BCUT2D eigenvalue weighted by molar-refractivity contribution is 5.97. The van der Waals surface area contributed by atoms with Crippen molar-refractivity contribution in [2.45, 2.75) is 0 Å². The normalized spacial score (nSPS) is 10.6. The van der Waals surface area contributed by atoms with Crippen LogP contribution >= 0.6 is 0 Å². The van der Waals surface area contributed by atoms with Crippen molar-refractivity contribution in [1.82, 2.24) is 5.32 Å². The van der Waals surface area contributed by atoms with Gasteiger partial charge < -0.3 is 15.8 Å². The first-order chi connectivity index (χ1) is 7.69. The maximum Gasteiger partial charge on any atom is 0.249 e. The summed E-state index contributed by atoms with van der Waals surface area (Å²) in [6.07, 6.45) is 3.78. The molecule has 0 atom stereocenters. The number of hydrogen-bond donors (Lipinski definition) is 2. The quantitative estimate of drug-likeness (QED) is 0.779. The van der Waals surface area contributed by atoms with Crippen LogP contribution in [-0.2, 0) is 0 Å². The van der Waals surface area contributed by atoms with E-state index in [0.29, 0.717) is 11.3 Å². The van der Waals surface area contributed by atoms with Gasteiger partial charge in [-0.2, -0.15) is 0 Å². The van der Waals surface area contributed by atoms with Gasteiger partial charge >= 0.3 is 0 Å². The first kappa shape index (κ1) is 12.3. The highest BCUT2D eigenvalue weighted by Gasteiger charge is 2.07. The first-order valence-electron chi connectivity index (χ1n) is 4.98. The molecule has 4 heteroatoms. The number of nitrogens with one attached hydrogen (secondary N) is 1. The molecule has 0 aromatic heterocycles. The van der Waals surface area contributed by atoms with E-state index in [1.807, 2.05) is 25.3 Å². The van der Waals surface area contributed by atoms with Crippen molar-refractivity contribution in [3.8, 4) is 5.75 Å². The Labute approximate surface area is 95.1 Å². The van der Waals surface area contributed by atoms with Gasteiger partial charge in [0.2, 0.25) is 5.91 Å². The third-order valence-corrected chi connectivity index (χ3v) is 2.15. The number of benzene rings is 1. The van der Waals surface area contributed by atoms with Crippen LogP contribution in [0.25, 0.3) is 6.08 Å². The lowest BCUT2D eigenvalue weighted by Gasteiger charge is -2.05. The number of amides is 1. The molecule has 0 unspecified atom stereocenters. The number of carbonyl (C=O) groups is 1. The molecule has 0 spiro atoms. The van der Waals surface area contributed by atoms with Crippen molar-refractivity contribution in [3.63, 3.8) is 0 Å². The van der Waals surface area contributed by atoms with E-state index in [9.17, 15) is 4.79 Å². The molecule has 0 aliphatic heterocycles. The van der Waals surface area contributed by atoms with E-state index in [1.54, 1.807) is 19.2 Å². The molecule has 0 aliphatic carbocycles. The van der Waals surface area contributed by atoms with Crippen molar-refractivity contribution in [1.29, 1.82) is 0 Å². The van der Waals surface area contributed by atoms with Crippen LogP contribution in [0.1, 0.15) is 15.9 Å². The minimum Gasteiger partial charge on any atom is -0.497 e. The fraction of sp³-hybridized carbons (Fsp3) is 0.250. The number of rotatable bonds is 5. The minimum absolute atomic E-state index is 0.456. The second kappa shape index (κ2) is 5.92. The van der Waals surface area contributed by atoms with Crippen LogP contribution in [-0.4, -0.2) is 26.6 Å². The molecule has 1 rings (SSSR count). The highest BCUT2D eigenvalue weighted by Crippen LogP contribution is 2.18. The molecule has 1 amide bonds. The second-order valence-electron chi connectivity index (χ2n) is 3.28. The summed E-state index contributed by atoms with van der Waals surface area (Å²) in [5, 5.41) is 2.98. The zero-order valence-corrected chi connectivity index (χ0v) is 9.49. The van der Waals surface area contributed by atoms with Crippen LogP contribution in [0.3, 0.4) is 0 Å². The molecule has 16 heavy (non-hydrogen) atoms. The molecule has 3 N–H and O–H groups in total. The van der Waals surface area contributed by atoms with Crippen LogP contribution in [0.2, 0.25) is 0 Å². The van der Waals surface area contributed by atoms with Gasteiger partial charge in [0.15, 0.2) is 0 Å². The molecule has 4 nitrogen and oxygen atoms in total. The van der Waals surface area contributed by atoms with Gasteiger partial charge in [0.05, 0.1) is 7.11 Å². The standard InChI is InChI=1S/C12H16N2O2/c1-14-7-3-4-9-5-6-10(16-2)8-11(9)12(13)15/h3-6,8,14H,7H2,1-2H3,(H2,13,15). The lowest BCUT2D eigenvalue weighted by atomic mass is 10.1. The van der Waals surface area contributed by atoms with Gasteiger partial charge in [0.25, 0.3) is 0 Å². The van der Waals surface area contributed by atoms with Crippen molar-refractivity contribution < 1.29 is 9.53 Å². The Morgan fingerprint density at radius 1 is 1.56 bits per heavy atom. The molecule has 86 valence electrons. The van der Waals surface area contributed by atoms with Crippen LogP contribution < -0.4 is 15.8 Å². The molecule has 0 saturated carbocycles. The maximum atomic E-state index is 11.2. The van der Waals surface area contributed by atoms with Gasteiger partial charge in [0.1, 0.15) is 5.75 Å². The maximum absolute atomic E-state index is 11.2. The number of likely N-dealkylation sites (N-methyl/N-ethyl adjacent to an activating group) is 1. The van der Waals surface area contributed by atoms with E-state index >= 15 is 0 Å². The van der Waals surface area contributed by atoms with Gasteiger partial charge in [-0.05, 0) is 24.7 Å². The third kappa shape index (κ3) is 3.10. The third-order valence-electron chi connectivity index (χ3n) is 2.15. The van der Waals surface area contributed by atoms with Gasteiger partial charge in [-0.15, -0.1) is 0 Å². The van der Waals surface area contributed by atoms with Crippen LogP contribution in [0.4, 0.5) is 0 Å². The summed E-state index contributed by atoms with van der Waals surface area (Å²) in [7, 11) is 3.41. The van der Waals surface area contributed by atoms with Crippen molar-refractivity contribution in [2.24, 2.45) is 5.73 Å². The van der Waals surface area contributed by atoms with E-state index in [4.69, 9.17) is 10.5 Å². The van der Waals surface area contributed by atoms with Crippen molar-refractivity contribution in [3.05, 3.63) is 35.4 Å². The first-order valence-corrected chi connectivity index (χ1v) is 4.98. The fourth-order valence-corrected chi connectivity index (χ4v) is 1.32. The van der Waals surface area contributed by atoms with Gasteiger partial charge in [0, 0.05) is 12.1 Å². The molecule has 0 aliphatic rings. The SMILES string of the molecule is CNCC=Cc1ccc(OC)cc1C(N)=O. The molecular weight excluding hydrogens is 204 g/mol. The Morgan fingerprint density at radius 2 is 2.31 bits per heavy atom. The van der Waals surface area contributed by atoms with Gasteiger partial charge in [-0.3, -0.25) is 4.79 Å². The number of nitrogens with two attached hydrogens (primary N) is 1. The van der Waals surface area contributed by atoms with Gasteiger partial charge in [-0.25, -0.2) is 0 Å². The van der Waals surface area contributed by atoms with E-state index in [1.165, 1.54) is 0 Å². The molecule has 0 radical (unpaired) electrons. The minimum atomic E-state index is -0.456. The van der Waals surface area contributed by atoms with Crippen LogP contribution in [0, 0.1) is 0 Å². The molecular formula is C12H16N2O2. The zero-order chi connectivity index (χ0) is 12.0. The number of ether oxygens (including phenoxy) is 1. The molecule has 0 saturated heterocycles. The Hall–Kier alpha value is -1.81. The summed E-state index contributed by atoms with van der Waals surface area (Å²) in [6.45, 7) is 0.740. The average Bonchev–Trinajstić information content (AvgIpc) is 2.29. The number of carbonyl (C=O) groups excluding carboxylic acids is 1. The summed E-state index contributed by atoms with van der Waals surface area (Å²) in [5.74, 6) is 0.169. The molecule has 1 aromatic carbocycles. The van der Waals surface area contributed by atoms with E-state index < -0.39 is 5.91 Å². The Bertz CT molecular complexity index is 400. The van der Waals surface area contributed by atoms with Crippen molar-refractivity contribution >= 4 is 12.0 Å². The monoisotopic (exact) mass is 220 g/mol. The molecule has 1 aromatic rings. The molecule has 0 fully saturated rings. The predicted octanol–water partition coefficient (Wildman–Crippen LogP) is 1.03. The number of hydrogen-bond acceptors (Lipinski definition) is 3. The van der Waals surface area contributed by atoms with E-state index in [0.717, 1.165) is 12.1 Å². The Kier molecular flexibility index (Phi) is 4.54. The highest BCUT2D eigenvalue weighted by atomic mass is 16.5. The van der Waals surface area contributed by atoms with Crippen LogP contribution in [0.5, 0.6) is 5.75 Å². The molecule has 0 heterocycles. The average molecular weight is 220 g/mol. The smallest absolute Gasteiger partial charge is 0.249 e. The summed E-state index contributed by atoms with van der Waals surface area (Å²) < 4.78 is 5.04. The lowest BCUT2D eigenvalue weighted by molar-refractivity contribution is 0.1000. The lowest BCUT2D eigenvalue weighted by Crippen LogP contribution is -2.13. The van der Waals surface area contributed by atoms with Crippen molar-refractivity contribution in [2.75, 3.05) is 20.7 Å². The Morgan fingerprint density at radius 3 is 2.88 bits per heavy atom. The summed E-state index contributed by atoms with van der Waals surface area (Å²) in [4.78, 5) is 11.2. The fourth-order valence-electron chi connectivity index (χ4n) is 1.32. The number of primary amides is 1. The largest absolute Gasteiger partial charge is 0.497 e. The van der Waals surface area contributed by atoms with E-state index in [2.05, 4.69) is 5.32 Å². The predicted molar refractivity (Wildman–Crippen MR) is 64.5 cm³/mol. The topological polar surface area (TPSA) is 64.3 Å². The summed E-state index contributed by atoms with van der Waals surface area (Å²) in [5.41, 5.74) is 6.56. The second-order valence-corrected chi connectivity index (χ2v) is 3.28. The van der Waals surface area contributed by atoms with E-state index in [-0.39, 0.29) is 0 Å². The zero-order valence-electron chi connectivity index (χ0n) is 9.49. The van der Waals surface area contributed by atoms with Gasteiger partial charge in [-0.1, -0.05) is 18.2 Å². The Balaban J connectivity index is 3.03. The molecule has 0 bridgehead atoms.